The van der Waals surface area contributed by atoms with Crippen LogP contribution in [0.4, 0.5) is 30.7 Å². The van der Waals surface area contributed by atoms with Gasteiger partial charge >= 0.3 is 12.3 Å². The molecule has 1 fully saturated rings. The lowest BCUT2D eigenvalue weighted by Gasteiger charge is -2.23. The fraction of sp³-hybridized carbons (Fsp3) is 0.391. The Balaban J connectivity index is 1.72. The molecule has 2 aromatic rings. The summed E-state index contributed by atoms with van der Waals surface area (Å²) >= 11 is 0. The Morgan fingerprint density at radius 1 is 0.871 bits per heavy atom. The number of hydrogen-bond acceptors (Lipinski definition) is 1. The van der Waals surface area contributed by atoms with Gasteiger partial charge in [-0.2, -0.15) is 22.0 Å². The molecule has 1 saturated carbocycles. The van der Waals surface area contributed by atoms with Gasteiger partial charge in [0, 0.05) is 0 Å². The predicted molar refractivity (Wildman–Crippen MR) is 102 cm³/mol. The maximum atomic E-state index is 14.3. The molecule has 0 saturated heterocycles. The van der Waals surface area contributed by atoms with Gasteiger partial charge < -0.3 is 4.74 Å². The number of rotatable bonds is 5. The SMILES string of the molecule is CC1CCC(/C=C/c2ccc(OC(F)(F)c3ccc(C(F)(F)F)c(F)c3)c(F)c2)CC1. The molecule has 0 heterocycles. The van der Waals surface area contributed by atoms with Gasteiger partial charge in [-0.05, 0) is 60.6 Å². The van der Waals surface area contributed by atoms with Crippen molar-refractivity contribution in [3.63, 3.8) is 0 Å². The Bertz CT molecular complexity index is 941. The van der Waals surface area contributed by atoms with Crippen LogP contribution in [0, 0.1) is 23.5 Å². The molecule has 1 aliphatic carbocycles. The molecule has 3 rings (SSSR count). The highest BCUT2D eigenvalue weighted by Crippen LogP contribution is 2.37. The largest absolute Gasteiger partial charge is 0.426 e. The summed E-state index contributed by atoms with van der Waals surface area (Å²) < 4.78 is 98.7. The van der Waals surface area contributed by atoms with E-state index in [4.69, 9.17) is 0 Å². The smallest absolute Gasteiger partial charge is 0.426 e. The number of allylic oxidation sites excluding steroid dienone is 1. The minimum Gasteiger partial charge on any atom is -0.426 e. The van der Waals surface area contributed by atoms with Crippen molar-refractivity contribution in [3.8, 4) is 5.75 Å². The molecule has 0 spiro atoms. The van der Waals surface area contributed by atoms with E-state index < -0.39 is 40.8 Å². The summed E-state index contributed by atoms with van der Waals surface area (Å²) in [7, 11) is 0. The molecule has 0 N–H and O–H groups in total. The topological polar surface area (TPSA) is 9.23 Å². The fourth-order valence-corrected chi connectivity index (χ4v) is 3.55. The van der Waals surface area contributed by atoms with Crippen molar-refractivity contribution in [1.29, 1.82) is 0 Å². The molecule has 0 radical (unpaired) electrons. The molecule has 0 bridgehead atoms. The molecule has 0 unspecified atom stereocenters. The molecule has 0 aromatic heterocycles. The van der Waals surface area contributed by atoms with E-state index in [0.29, 0.717) is 23.5 Å². The molecule has 2 aromatic carbocycles. The maximum absolute atomic E-state index is 14.3. The van der Waals surface area contributed by atoms with Crippen molar-refractivity contribution in [2.24, 2.45) is 11.8 Å². The Labute approximate surface area is 175 Å². The lowest BCUT2D eigenvalue weighted by Crippen LogP contribution is -2.23. The van der Waals surface area contributed by atoms with Gasteiger partial charge in [-0.1, -0.05) is 38.0 Å². The van der Waals surface area contributed by atoms with Gasteiger partial charge in [0.15, 0.2) is 11.6 Å². The van der Waals surface area contributed by atoms with Crippen LogP contribution in [-0.2, 0) is 12.3 Å². The average Bonchev–Trinajstić information content (AvgIpc) is 2.68. The predicted octanol–water partition coefficient (Wildman–Crippen LogP) is 7.95. The molecular weight excluding hydrogens is 425 g/mol. The molecule has 0 atom stereocenters. The Hall–Kier alpha value is -2.51. The molecule has 31 heavy (non-hydrogen) atoms. The minimum atomic E-state index is -5.02. The standard InChI is InChI=1S/C23H21F7O/c1-14-2-4-15(5-3-14)6-7-16-8-11-21(20(25)12-16)31-23(29,30)17-9-10-18(19(24)13-17)22(26,27)28/h6-15H,2-5H2,1H3/b7-6+. The highest BCUT2D eigenvalue weighted by molar-refractivity contribution is 5.51. The third-order valence-corrected chi connectivity index (χ3v) is 5.43. The van der Waals surface area contributed by atoms with Crippen LogP contribution >= 0.6 is 0 Å². The second-order valence-corrected chi connectivity index (χ2v) is 7.88. The van der Waals surface area contributed by atoms with Crippen LogP contribution in [0.25, 0.3) is 6.08 Å². The Morgan fingerprint density at radius 2 is 1.55 bits per heavy atom. The minimum absolute atomic E-state index is 0.0306. The number of halogens is 7. The van der Waals surface area contributed by atoms with Gasteiger partial charge in [0.1, 0.15) is 5.82 Å². The molecular formula is C23H21F7O. The van der Waals surface area contributed by atoms with Crippen molar-refractivity contribution >= 4 is 6.08 Å². The molecule has 168 valence electrons. The Morgan fingerprint density at radius 3 is 2.13 bits per heavy atom. The van der Waals surface area contributed by atoms with E-state index in [-0.39, 0.29) is 12.1 Å². The molecule has 0 amide bonds. The summed E-state index contributed by atoms with van der Waals surface area (Å²) in [6.07, 6.45) is -1.25. The van der Waals surface area contributed by atoms with Gasteiger partial charge in [0.2, 0.25) is 0 Å². The third-order valence-electron chi connectivity index (χ3n) is 5.43. The van der Waals surface area contributed by atoms with Crippen LogP contribution in [0.2, 0.25) is 0 Å². The molecule has 0 aliphatic heterocycles. The summed E-state index contributed by atoms with van der Waals surface area (Å²) in [4.78, 5) is 0. The van der Waals surface area contributed by atoms with Gasteiger partial charge in [-0.25, -0.2) is 8.78 Å². The van der Waals surface area contributed by atoms with Gasteiger partial charge in [-0.15, -0.1) is 0 Å². The summed E-state index contributed by atoms with van der Waals surface area (Å²) in [6, 6.07) is 4.05. The molecule has 1 nitrogen and oxygen atoms in total. The van der Waals surface area contributed by atoms with Crippen molar-refractivity contribution in [2.75, 3.05) is 0 Å². The zero-order chi connectivity index (χ0) is 22.8. The lowest BCUT2D eigenvalue weighted by atomic mass is 9.83. The number of alkyl halides is 5. The summed E-state index contributed by atoms with van der Waals surface area (Å²) in [5, 5.41) is 0. The van der Waals surface area contributed by atoms with Crippen LogP contribution in [0.5, 0.6) is 5.75 Å². The van der Waals surface area contributed by atoms with Crippen molar-refractivity contribution in [3.05, 3.63) is 70.8 Å². The molecule has 8 heteroatoms. The first kappa shape index (κ1) is 23.2. The number of benzene rings is 2. The first-order chi connectivity index (χ1) is 14.5. The van der Waals surface area contributed by atoms with Crippen molar-refractivity contribution < 1.29 is 35.5 Å². The number of ether oxygens (including phenoxy) is 1. The van der Waals surface area contributed by atoms with Gasteiger partial charge in [0.05, 0.1) is 11.1 Å². The second-order valence-electron chi connectivity index (χ2n) is 7.88. The quantitative estimate of drug-likeness (QED) is 0.424. The first-order valence-corrected chi connectivity index (χ1v) is 9.87. The van der Waals surface area contributed by atoms with E-state index in [0.717, 1.165) is 37.8 Å². The van der Waals surface area contributed by atoms with Crippen LogP contribution in [0.1, 0.15) is 49.3 Å². The van der Waals surface area contributed by atoms with E-state index in [2.05, 4.69) is 11.7 Å². The number of hydrogen-bond donors (Lipinski definition) is 0. The fourth-order valence-electron chi connectivity index (χ4n) is 3.55. The van der Waals surface area contributed by atoms with E-state index in [9.17, 15) is 30.7 Å². The normalized spacial score (nSPS) is 20.3. The molecule has 1 aliphatic rings. The Kier molecular flexibility index (Phi) is 6.67. The van der Waals surface area contributed by atoms with Crippen LogP contribution in [-0.4, -0.2) is 0 Å². The third kappa shape index (κ3) is 5.80. The summed E-state index contributed by atoms with van der Waals surface area (Å²) in [5.41, 5.74) is -2.37. The van der Waals surface area contributed by atoms with Crippen LogP contribution in [0.15, 0.2) is 42.5 Å². The van der Waals surface area contributed by atoms with E-state index in [1.54, 1.807) is 6.08 Å². The first-order valence-electron chi connectivity index (χ1n) is 9.87. The lowest BCUT2D eigenvalue weighted by molar-refractivity contribution is -0.187. The highest BCUT2D eigenvalue weighted by Gasteiger charge is 2.39. The van der Waals surface area contributed by atoms with Crippen LogP contribution in [0.3, 0.4) is 0 Å². The summed E-state index contributed by atoms with van der Waals surface area (Å²) in [5.74, 6) is -2.65. The van der Waals surface area contributed by atoms with Gasteiger partial charge in [-0.3, -0.25) is 0 Å². The van der Waals surface area contributed by atoms with E-state index in [1.165, 1.54) is 6.07 Å². The maximum Gasteiger partial charge on any atom is 0.426 e. The van der Waals surface area contributed by atoms with Crippen LogP contribution < -0.4 is 4.74 Å². The van der Waals surface area contributed by atoms with E-state index >= 15 is 0 Å². The average molecular weight is 446 g/mol. The zero-order valence-corrected chi connectivity index (χ0v) is 16.7. The monoisotopic (exact) mass is 446 g/mol. The van der Waals surface area contributed by atoms with E-state index in [1.807, 2.05) is 6.08 Å². The van der Waals surface area contributed by atoms with Gasteiger partial charge in [0.25, 0.3) is 0 Å². The summed E-state index contributed by atoms with van der Waals surface area (Å²) in [6.45, 7) is 2.20. The highest BCUT2D eigenvalue weighted by atomic mass is 19.4. The van der Waals surface area contributed by atoms with Crippen molar-refractivity contribution in [2.45, 2.75) is 44.9 Å². The second kappa shape index (κ2) is 8.93. The zero-order valence-electron chi connectivity index (χ0n) is 16.7. The van der Waals surface area contributed by atoms with Crippen molar-refractivity contribution in [1.82, 2.24) is 0 Å².